The van der Waals surface area contributed by atoms with E-state index < -0.39 is 0 Å². The van der Waals surface area contributed by atoms with Crippen molar-refractivity contribution in [1.29, 1.82) is 0 Å². The standard InChI is InChI=1S/C36H44N4O4S4/c1-21-17-23(3)29(24(4)18-21)37-27(41)13-9-7-11-15-39-33(43)31(47-35(39)45)32-34(44)40(36(46)48-32)16-12-8-10-14-28(42)38-30-25(5)19-22(2)20-26(30)6/h17-20H,7-16H2,1-6H3,(H,37,41)(H,38,42)/b32-31+. The number of amides is 4. The topological polar surface area (TPSA) is 98.8 Å². The van der Waals surface area contributed by atoms with Crippen LogP contribution in [-0.2, 0) is 19.2 Å². The maximum atomic E-state index is 13.3. The Morgan fingerprint density at radius 3 is 1.25 bits per heavy atom. The van der Waals surface area contributed by atoms with Gasteiger partial charge in [0, 0.05) is 37.3 Å². The molecule has 0 bridgehead atoms. The molecular formula is C36H44N4O4S4. The second-order valence-corrected chi connectivity index (χ2v) is 15.9. The molecule has 4 amide bonds. The molecule has 2 saturated heterocycles. The Hall–Kier alpha value is -3.06. The highest BCUT2D eigenvalue weighted by molar-refractivity contribution is 8.29. The van der Waals surface area contributed by atoms with Gasteiger partial charge in [-0.1, -0.05) is 96.2 Å². The fraction of sp³-hybridized carbons (Fsp3) is 0.444. The minimum Gasteiger partial charge on any atom is -0.326 e. The Kier molecular flexibility index (Phi) is 13.4. The van der Waals surface area contributed by atoms with Crippen molar-refractivity contribution in [2.75, 3.05) is 23.7 Å². The van der Waals surface area contributed by atoms with Crippen molar-refractivity contribution in [2.24, 2.45) is 0 Å². The quantitative estimate of drug-likeness (QED) is 0.114. The van der Waals surface area contributed by atoms with Crippen LogP contribution in [0.25, 0.3) is 0 Å². The van der Waals surface area contributed by atoms with E-state index in [1.54, 1.807) is 9.80 Å². The van der Waals surface area contributed by atoms with E-state index in [1.807, 2.05) is 41.5 Å². The third kappa shape index (κ3) is 9.55. The average molecular weight is 725 g/mol. The normalized spacial score (nSPS) is 16.4. The first-order valence-electron chi connectivity index (χ1n) is 16.3. The highest BCUT2D eigenvalue weighted by atomic mass is 32.2. The van der Waals surface area contributed by atoms with Crippen LogP contribution in [-0.4, -0.2) is 55.2 Å². The number of benzene rings is 2. The molecule has 0 atom stereocenters. The van der Waals surface area contributed by atoms with Gasteiger partial charge in [-0.15, -0.1) is 0 Å². The number of thiocarbonyl (C=S) groups is 2. The molecule has 2 heterocycles. The fourth-order valence-electron chi connectivity index (χ4n) is 6.08. The van der Waals surface area contributed by atoms with Crippen LogP contribution in [0.1, 0.15) is 84.7 Å². The number of rotatable bonds is 14. The lowest BCUT2D eigenvalue weighted by molar-refractivity contribution is -0.124. The van der Waals surface area contributed by atoms with Gasteiger partial charge in [0.05, 0.1) is 9.81 Å². The average Bonchev–Trinajstić information content (AvgIpc) is 3.44. The van der Waals surface area contributed by atoms with Gasteiger partial charge in [0.25, 0.3) is 11.8 Å². The lowest BCUT2D eigenvalue weighted by Gasteiger charge is -2.15. The van der Waals surface area contributed by atoms with Crippen molar-refractivity contribution < 1.29 is 19.2 Å². The number of aryl methyl sites for hydroxylation is 6. The fourth-order valence-corrected chi connectivity index (χ4v) is 8.85. The molecule has 0 saturated carbocycles. The monoisotopic (exact) mass is 724 g/mol. The Labute approximate surface area is 303 Å². The van der Waals surface area contributed by atoms with Gasteiger partial charge in [-0.25, -0.2) is 0 Å². The van der Waals surface area contributed by atoms with Gasteiger partial charge in [-0.3, -0.25) is 29.0 Å². The second-order valence-electron chi connectivity index (χ2n) is 12.6. The van der Waals surface area contributed by atoms with Crippen LogP contribution >= 0.6 is 48.0 Å². The van der Waals surface area contributed by atoms with E-state index in [-0.39, 0.29) is 23.6 Å². The lowest BCUT2D eigenvalue weighted by atomic mass is 10.0. The van der Waals surface area contributed by atoms with Gasteiger partial charge >= 0.3 is 0 Å². The summed E-state index contributed by atoms with van der Waals surface area (Å²) in [6.45, 7) is 12.9. The van der Waals surface area contributed by atoms with Crippen molar-refractivity contribution in [3.05, 3.63) is 67.5 Å². The zero-order valence-corrected chi connectivity index (χ0v) is 31.8. The van der Waals surface area contributed by atoms with Crippen LogP contribution in [0, 0.1) is 41.5 Å². The van der Waals surface area contributed by atoms with Crippen molar-refractivity contribution >= 4 is 91.6 Å². The summed E-state index contributed by atoms with van der Waals surface area (Å²) in [5.41, 5.74) is 8.27. The molecule has 48 heavy (non-hydrogen) atoms. The van der Waals surface area contributed by atoms with Gasteiger partial charge in [0.1, 0.15) is 8.64 Å². The maximum absolute atomic E-state index is 13.3. The molecule has 12 heteroatoms. The van der Waals surface area contributed by atoms with E-state index in [2.05, 4.69) is 34.9 Å². The molecular weight excluding hydrogens is 681 g/mol. The van der Waals surface area contributed by atoms with Crippen LogP contribution in [0.4, 0.5) is 11.4 Å². The third-order valence-electron chi connectivity index (χ3n) is 8.36. The third-order valence-corrected chi connectivity index (χ3v) is 11.4. The number of carbonyl (C=O) groups excluding carboxylic acids is 4. The molecule has 0 unspecified atom stereocenters. The number of hydrogen-bond donors (Lipinski definition) is 2. The molecule has 8 nitrogen and oxygen atoms in total. The number of thioether (sulfide) groups is 2. The minimum atomic E-state index is -0.265. The van der Waals surface area contributed by atoms with E-state index in [4.69, 9.17) is 24.4 Å². The number of nitrogens with one attached hydrogen (secondary N) is 2. The Balaban J connectivity index is 1.19. The van der Waals surface area contributed by atoms with E-state index in [1.165, 1.54) is 11.1 Å². The summed E-state index contributed by atoms with van der Waals surface area (Å²) in [4.78, 5) is 55.5. The number of anilines is 2. The smallest absolute Gasteiger partial charge is 0.267 e. The first kappa shape index (κ1) is 37.8. The molecule has 2 aromatic carbocycles. The van der Waals surface area contributed by atoms with Gasteiger partial charge in [0.15, 0.2) is 0 Å². The molecule has 2 N–H and O–H groups in total. The molecule has 2 aliphatic rings. The molecule has 0 spiro atoms. The van der Waals surface area contributed by atoms with Crippen LogP contribution in [0.2, 0.25) is 0 Å². The summed E-state index contributed by atoms with van der Waals surface area (Å²) < 4.78 is 0.857. The van der Waals surface area contributed by atoms with Crippen molar-refractivity contribution in [3.63, 3.8) is 0 Å². The van der Waals surface area contributed by atoms with Crippen LogP contribution < -0.4 is 10.6 Å². The predicted octanol–water partition coefficient (Wildman–Crippen LogP) is 8.17. The first-order valence-corrected chi connectivity index (χ1v) is 18.8. The molecule has 0 aromatic heterocycles. The first-order chi connectivity index (χ1) is 22.8. The molecule has 2 fully saturated rings. The molecule has 256 valence electrons. The number of unbranched alkanes of at least 4 members (excludes halogenated alkanes) is 4. The Morgan fingerprint density at radius 2 is 0.917 bits per heavy atom. The summed E-state index contributed by atoms with van der Waals surface area (Å²) in [6, 6.07) is 8.23. The van der Waals surface area contributed by atoms with Gasteiger partial charge < -0.3 is 10.6 Å². The highest BCUT2D eigenvalue weighted by Crippen LogP contribution is 2.42. The SMILES string of the molecule is Cc1cc(C)c(NC(=O)CCCCCN2C(=O)/C(=C3\SC(=S)N(CCCCCC(=O)Nc4c(C)cc(C)cc4C)C3=O)SC2=S)c(C)c1. The molecule has 0 aliphatic carbocycles. The van der Waals surface area contributed by atoms with E-state index in [0.29, 0.717) is 70.1 Å². The Bertz CT molecular complexity index is 1520. The summed E-state index contributed by atoms with van der Waals surface area (Å²) in [5, 5.41) is 6.08. The minimum absolute atomic E-state index is 0.0218. The van der Waals surface area contributed by atoms with Crippen LogP contribution in [0.3, 0.4) is 0 Å². The van der Waals surface area contributed by atoms with Crippen LogP contribution in [0.5, 0.6) is 0 Å². The van der Waals surface area contributed by atoms with Gasteiger partial charge in [0.2, 0.25) is 11.8 Å². The molecule has 4 rings (SSSR count). The molecule has 2 aromatic rings. The summed E-state index contributed by atoms with van der Waals surface area (Å²) in [7, 11) is 0. The van der Waals surface area contributed by atoms with Crippen molar-refractivity contribution in [1.82, 2.24) is 9.80 Å². The van der Waals surface area contributed by atoms with Crippen LogP contribution in [0.15, 0.2) is 34.1 Å². The lowest BCUT2D eigenvalue weighted by Crippen LogP contribution is -2.31. The van der Waals surface area contributed by atoms with E-state index in [0.717, 1.165) is 70.0 Å². The van der Waals surface area contributed by atoms with Crippen molar-refractivity contribution in [3.8, 4) is 0 Å². The van der Waals surface area contributed by atoms with Crippen molar-refractivity contribution in [2.45, 2.75) is 92.9 Å². The van der Waals surface area contributed by atoms with E-state index in [9.17, 15) is 19.2 Å². The number of carbonyl (C=O) groups is 4. The predicted molar refractivity (Wildman–Crippen MR) is 206 cm³/mol. The summed E-state index contributed by atoms with van der Waals surface area (Å²) >= 11 is 13.3. The molecule has 2 aliphatic heterocycles. The largest absolute Gasteiger partial charge is 0.326 e. The molecule has 0 radical (unpaired) electrons. The highest BCUT2D eigenvalue weighted by Gasteiger charge is 2.41. The number of hydrogen-bond acceptors (Lipinski definition) is 8. The summed E-state index contributed by atoms with van der Waals surface area (Å²) in [5.74, 6) is -0.574. The zero-order valence-electron chi connectivity index (χ0n) is 28.5. The summed E-state index contributed by atoms with van der Waals surface area (Å²) in [6.07, 6.45) is 5.10. The van der Waals surface area contributed by atoms with E-state index >= 15 is 0 Å². The maximum Gasteiger partial charge on any atom is 0.267 e. The van der Waals surface area contributed by atoms with Gasteiger partial charge in [-0.2, -0.15) is 0 Å². The second kappa shape index (κ2) is 17.0. The number of nitrogens with zero attached hydrogens (tertiary/aromatic N) is 2. The van der Waals surface area contributed by atoms with Gasteiger partial charge in [-0.05, 0) is 89.5 Å². The Morgan fingerprint density at radius 1 is 0.583 bits per heavy atom. The zero-order chi connectivity index (χ0) is 35.1.